The van der Waals surface area contributed by atoms with Gasteiger partial charge in [0, 0.05) is 11.4 Å². The zero-order chi connectivity index (χ0) is 13.0. The second kappa shape index (κ2) is 5.21. The second-order valence-corrected chi connectivity index (χ2v) is 3.73. The lowest BCUT2D eigenvalue weighted by atomic mass is 10.3. The molecule has 0 radical (unpaired) electrons. The van der Waals surface area contributed by atoms with E-state index in [0.717, 1.165) is 11.4 Å². The van der Waals surface area contributed by atoms with Gasteiger partial charge in [0.25, 0.3) is 0 Å². The Hall–Kier alpha value is -2.52. The van der Waals surface area contributed by atoms with Crippen LogP contribution in [-0.2, 0) is 4.79 Å². The number of hydrogen-bond donors (Lipinski definition) is 0. The molecule has 2 rings (SSSR count). The Labute approximate surface area is 104 Å². The summed E-state index contributed by atoms with van der Waals surface area (Å²) in [7, 11) is 0. The Kier molecular flexibility index (Phi) is 3.46. The van der Waals surface area contributed by atoms with Gasteiger partial charge in [-0.3, -0.25) is 0 Å². The molecule has 0 saturated heterocycles. The minimum atomic E-state index is 0.305. The van der Waals surface area contributed by atoms with Crippen LogP contribution in [0, 0.1) is 13.8 Å². The highest BCUT2D eigenvalue weighted by Crippen LogP contribution is 2.21. The van der Waals surface area contributed by atoms with Gasteiger partial charge in [-0.15, -0.1) is 0 Å². The van der Waals surface area contributed by atoms with Crippen LogP contribution in [0.1, 0.15) is 11.4 Å². The van der Waals surface area contributed by atoms with Crippen LogP contribution in [0.5, 0.6) is 11.8 Å². The van der Waals surface area contributed by atoms with Crippen LogP contribution < -0.4 is 4.74 Å². The van der Waals surface area contributed by atoms with E-state index in [-0.39, 0.29) is 0 Å². The van der Waals surface area contributed by atoms with Crippen molar-refractivity contribution in [3.05, 3.63) is 41.7 Å². The lowest BCUT2D eigenvalue weighted by Crippen LogP contribution is -1.95. The first-order valence-corrected chi connectivity index (χ1v) is 5.35. The highest BCUT2D eigenvalue weighted by molar-refractivity contribution is 5.50. The van der Waals surface area contributed by atoms with Gasteiger partial charge in [-0.1, -0.05) is 0 Å². The molecule has 0 N–H and O–H groups in total. The van der Waals surface area contributed by atoms with Gasteiger partial charge in [-0.05, 0) is 44.2 Å². The molecular weight excluding hydrogens is 230 g/mol. The molecule has 90 valence electrons. The highest BCUT2D eigenvalue weighted by Gasteiger charge is 2.02. The fourth-order valence-electron chi connectivity index (χ4n) is 1.49. The summed E-state index contributed by atoms with van der Waals surface area (Å²) in [4.78, 5) is 21.9. The topological polar surface area (TPSA) is 64.4 Å². The van der Waals surface area contributed by atoms with E-state index in [1.54, 1.807) is 24.3 Å². The molecule has 0 aliphatic carbocycles. The molecule has 0 atom stereocenters. The summed E-state index contributed by atoms with van der Waals surface area (Å²) in [5.74, 6) is 0.588. The van der Waals surface area contributed by atoms with Crippen molar-refractivity contribution >= 4 is 11.8 Å². The lowest BCUT2D eigenvalue weighted by molar-refractivity contribution is 0.439. The van der Waals surface area contributed by atoms with Gasteiger partial charge in [0.1, 0.15) is 5.75 Å². The fourth-order valence-corrected chi connectivity index (χ4v) is 1.49. The van der Waals surface area contributed by atoms with Gasteiger partial charge in [0.05, 0.1) is 5.69 Å². The van der Waals surface area contributed by atoms with Crippen LogP contribution in [0.3, 0.4) is 0 Å². The maximum atomic E-state index is 10.1. The number of isocyanates is 1. The van der Waals surface area contributed by atoms with Crippen molar-refractivity contribution in [1.82, 2.24) is 9.97 Å². The van der Waals surface area contributed by atoms with E-state index >= 15 is 0 Å². The average molecular weight is 241 g/mol. The standard InChI is InChI=1S/C13H11N3O2/c1-9-7-10(2)16-13(15-9)18-12-5-3-11(4-6-12)14-8-17/h3-7H,1-2H3. The van der Waals surface area contributed by atoms with E-state index < -0.39 is 0 Å². The number of hydrogen-bond acceptors (Lipinski definition) is 5. The van der Waals surface area contributed by atoms with Crippen LogP contribution in [-0.4, -0.2) is 16.0 Å². The molecule has 18 heavy (non-hydrogen) atoms. The summed E-state index contributed by atoms with van der Waals surface area (Å²) in [6.45, 7) is 3.76. The molecule has 0 unspecified atom stereocenters. The predicted molar refractivity (Wildman–Crippen MR) is 65.8 cm³/mol. The molecule has 0 bridgehead atoms. The predicted octanol–water partition coefficient (Wildman–Crippen LogP) is 2.85. The molecule has 0 fully saturated rings. The lowest BCUT2D eigenvalue weighted by Gasteiger charge is -2.05. The van der Waals surface area contributed by atoms with E-state index in [1.807, 2.05) is 19.9 Å². The van der Waals surface area contributed by atoms with Crippen molar-refractivity contribution in [3.8, 4) is 11.8 Å². The molecule has 0 aliphatic heterocycles. The molecule has 2 aromatic rings. The maximum Gasteiger partial charge on any atom is 0.322 e. The van der Waals surface area contributed by atoms with Gasteiger partial charge in [0.2, 0.25) is 6.08 Å². The van der Waals surface area contributed by atoms with E-state index in [9.17, 15) is 4.79 Å². The number of nitrogens with zero attached hydrogens (tertiary/aromatic N) is 3. The Morgan fingerprint density at radius 1 is 1.11 bits per heavy atom. The zero-order valence-electron chi connectivity index (χ0n) is 10.0. The summed E-state index contributed by atoms with van der Waals surface area (Å²) in [5.41, 5.74) is 2.22. The molecule has 5 nitrogen and oxygen atoms in total. The third-order valence-corrected chi connectivity index (χ3v) is 2.18. The third kappa shape index (κ3) is 2.99. The Morgan fingerprint density at radius 2 is 1.72 bits per heavy atom. The molecule has 1 aromatic heterocycles. The highest BCUT2D eigenvalue weighted by atomic mass is 16.5. The SMILES string of the molecule is Cc1cc(C)nc(Oc2ccc(N=C=O)cc2)n1. The molecular formula is C13H11N3O2. The van der Waals surface area contributed by atoms with E-state index in [0.29, 0.717) is 17.4 Å². The number of aliphatic imine (C=N–C) groups is 1. The van der Waals surface area contributed by atoms with Gasteiger partial charge < -0.3 is 4.74 Å². The Balaban J connectivity index is 2.20. The zero-order valence-corrected chi connectivity index (χ0v) is 10.0. The number of ether oxygens (including phenoxy) is 1. The molecule has 0 amide bonds. The molecule has 1 heterocycles. The van der Waals surface area contributed by atoms with Crippen LogP contribution >= 0.6 is 0 Å². The van der Waals surface area contributed by atoms with Crippen LogP contribution in [0.4, 0.5) is 5.69 Å². The first kappa shape index (κ1) is 12.0. The fraction of sp³-hybridized carbons (Fsp3) is 0.154. The Bertz CT molecular complexity index is 582. The average Bonchev–Trinajstić information content (AvgIpc) is 2.31. The monoisotopic (exact) mass is 241 g/mol. The van der Waals surface area contributed by atoms with Crippen molar-refractivity contribution in [2.24, 2.45) is 4.99 Å². The summed E-state index contributed by atoms with van der Waals surface area (Å²) in [6, 6.07) is 8.87. The van der Waals surface area contributed by atoms with E-state index in [2.05, 4.69) is 15.0 Å². The van der Waals surface area contributed by atoms with Crippen molar-refractivity contribution in [1.29, 1.82) is 0 Å². The summed E-state index contributed by atoms with van der Waals surface area (Å²) >= 11 is 0. The van der Waals surface area contributed by atoms with E-state index in [1.165, 1.54) is 6.08 Å². The number of carbonyl (C=O) groups excluding carboxylic acids is 1. The van der Waals surface area contributed by atoms with Gasteiger partial charge in [-0.2, -0.15) is 4.99 Å². The smallest absolute Gasteiger partial charge is 0.322 e. The minimum absolute atomic E-state index is 0.305. The molecule has 0 spiro atoms. The molecule has 0 saturated carbocycles. The van der Waals surface area contributed by atoms with Crippen LogP contribution in [0.25, 0.3) is 0 Å². The largest absolute Gasteiger partial charge is 0.424 e. The van der Waals surface area contributed by atoms with Crippen LogP contribution in [0.2, 0.25) is 0 Å². The first-order valence-electron chi connectivity index (χ1n) is 5.35. The normalized spacial score (nSPS) is 9.67. The van der Waals surface area contributed by atoms with Crippen molar-refractivity contribution < 1.29 is 9.53 Å². The summed E-state index contributed by atoms with van der Waals surface area (Å²) in [6.07, 6.45) is 1.48. The number of benzene rings is 1. The van der Waals surface area contributed by atoms with Crippen molar-refractivity contribution in [3.63, 3.8) is 0 Å². The van der Waals surface area contributed by atoms with Crippen molar-refractivity contribution in [2.75, 3.05) is 0 Å². The van der Waals surface area contributed by atoms with Crippen molar-refractivity contribution in [2.45, 2.75) is 13.8 Å². The summed E-state index contributed by atoms with van der Waals surface area (Å²) in [5, 5.41) is 0. The number of aromatic nitrogens is 2. The quantitative estimate of drug-likeness (QED) is 0.612. The molecule has 0 aliphatic rings. The van der Waals surface area contributed by atoms with E-state index in [4.69, 9.17) is 4.74 Å². The number of aryl methyl sites for hydroxylation is 2. The van der Waals surface area contributed by atoms with Crippen LogP contribution in [0.15, 0.2) is 35.3 Å². The van der Waals surface area contributed by atoms with Gasteiger partial charge in [0.15, 0.2) is 0 Å². The second-order valence-electron chi connectivity index (χ2n) is 3.73. The first-order chi connectivity index (χ1) is 8.67. The van der Waals surface area contributed by atoms with Gasteiger partial charge >= 0.3 is 6.01 Å². The third-order valence-electron chi connectivity index (χ3n) is 2.18. The molecule has 5 heteroatoms. The van der Waals surface area contributed by atoms with Gasteiger partial charge in [-0.25, -0.2) is 14.8 Å². The summed E-state index contributed by atoms with van der Waals surface area (Å²) < 4.78 is 5.51. The maximum absolute atomic E-state index is 10.1. The number of rotatable bonds is 3. The Morgan fingerprint density at radius 3 is 2.28 bits per heavy atom. The molecule has 1 aromatic carbocycles. The minimum Gasteiger partial charge on any atom is -0.424 e.